The van der Waals surface area contributed by atoms with Gasteiger partial charge in [0.1, 0.15) is 6.04 Å². The van der Waals surface area contributed by atoms with Gasteiger partial charge in [0.05, 0.1) is 0 Å². The molecule has 0 spiro atoms. The molecule has 5 nitrogen and oxygen atoms in total. The van der Waals surface area contributed by atoms with Gasteiger partial charge < -0.3 is 10.2 Å². The molecule has 1 saturated heterocycles. The van der Waals surface area contributed by atoms with Crippen molar-refractivity contribution in [2.75, 3.05) is 13.1 Å². The Balaban J connectivity index is 2.02. The molecule has 1 unspecified atom stereocenters. The van der Waals surface area contributed by atoms with Gasteiger partial charge in [-0.2, -0.15) is 0 Å². The van der Waals surface area contributed by atoms with Crippen LogP contribution in [0.1, 0.15) is 25.8 Å². The van der Waals surface area contributed by atoms with E-state index in [0.29, 0.717) is 19.5 Å². The van der Waals surface area contributed by atoms with E-state index in [0.717, 1.165) is 12.0 Å². The van der Waals surface area contributed by atoms with Crippen LogP contribution in [0.25, 0.3) is 0 Å². The Hall–Kier alpha value is -1.91. The van der Waals surface area contributed by atoms with Crippen LogP contribution in [-0.2, 0) is 16.0 Å². The van der Waals surface area contributed by atoms with Crippen molar-refractivity contribution in [3.05, 3.63) is 30.1 Å². The standard InChI is InChI=1S/C15H21N3O2/c1-11(2)14-15(20)18(10-6-13(19)17-14)9-5-12-3-7-16-8-4-12/h3-4,7-8,11,14H,5-6,9-10H2,1-2H3,(H,17,19). The van der Waals surface area contributed by atoms with Crippen LogP contribution in [0.4, 0.5) is 0 Å². The van der Waals surface area contributed by atoms with Crippen molar-refractivity contribution in [3.63, 3.8) is 0 Å². The molecule has 20 heavy (non-hydrogen) atoms. The van der Waals surface area contributed by atoms with Gasteiger partial charge in [-0.15, -0.1) is 0 Å². The van der Waals surface area contributed by atoms with Gasteiger partial charge in [-0.05, 0) is 30.0 Å². The normalized spacial score (nSPS) is 19.9. The van der Waals surface area contributed by atoms with E-state index in [4.69, 9.17) is 0 Å². The molecule has 108 valence electrons. The van der Waals surface area contributed by atoms with Gasteiger partial charge in [-0.25, -0.2) is 0 Å². The van der Waals surface area contributed by atoms with Crippen molar-refractivity contribution in [2.45, 2.75) is 32.7 Å². The first kappa shape index (κ1) is 14.5. The van der Waals surface area contributed by atoms with Crippen LogP contribution in [-0.4, -0.2) is 40.8 Å². The number of hydrogen-bond acceptors (Lipinski definition) is 3. The van der Waals surface area contributed by atoms with E-state index in [-0.39, 0.29) is 17.7 Å². The molecule has 2 rings (SSSR count). The average molecular weight is 275 g/mol. The quantitative estimate of drug-likeness (QED) is 0.891. The fourth-order valence-corrected chi connectivity index (χ4v) is 2.34. The van der Waals surface area contributed by atoms with Crippen LogP contribution < -0.4 is 5.32 Å². The SMILES string of the molecule is CC(C)C1NC(=O)CCN(CCc2ccncc2)C1=O. The first-order chi connectivity index (χ1) is 9.58. The molecule has 1 fully saturated rings. The molecule has 0 saturated carbocycles. The van der Waals surface area contributed by atoms with Crippen LogP contribution >= 0.6 is 0 Å². The van der Waals surface area contributed by atoms with Crippen LogP contribution in [0.15, 0.2) is 24.5 Å². The Morgan fingerprint density at radius 3 is 2.70 bits per heavy atom. The third kappa shape index (κ3) is 3.56. The summed E-state index contributed by atoms with van der Waals surface area (Å²) in [5, 5.41) is 2.82. The van der Waals surface area contributed by atoms with Gasteiger partial charge >= 0.3 is 0 Å². The van der Waals surface area contributed by atoms with Crippen molar-refractivity contribution in [2.24, 2.45) is 5.92 Å². The Labute approximate surface area is 119 Å². The average Bonchev–Trinajstić information content (AvgIpc) is 2.58. The summed E-state index contributed by atoms with van der Waals surface area (Å²) in [5.74, 6) is 0.0938. The largest absolute Gasteiger partial charge is 0.344 e. The van der Waals surface area contributed by atoms with E-state index in [1.807, 2.05) is 26.0 Å². The minimum Gasteiger partial charge on any atom is -0.344 e. The number of nitrogens with zero attached hydrogens (tertiary/aromatic N) is 2. The first-order valence-electron chi connectivity index (χ1n) is 7.05. The summed E-state index contributed by atoms with van der Waals surface area (Å²) in [7, 11) is 0. The molecule has 2 heterocycles. The molecule has 1 atom stereocenters. The van der Waals surface area contributed by atoms with E-state index in [2.05, 4.69) is 10.3 Å². The Kier molecular flexibility index (Phi) is 4.71. The topological polar surface area (TPSA) is 62.3 Å². The Bertz CT molecular complexity index is 473. The summed E-state index contributed by atoms with van der Waals surface area (Å²) in [6.07, 6.45) is 4.67. The lowest BCUT2D eigenvalue weighted by molar-refractivity contribution is -0.134. The fraction of sp³-hybridized carbons (Fsp3) is 0.533. The highest BCUT2D eigenvalue weighted by atomic mass is 16.2. The highest BCUT2D eigenvalue weighted by Crippen LogP contribution is 2.12. The second kappa shape index (κ2) is 6.50. The molecule has 1 aromatic rings. The van der Waals surface area contributed by atoms with Gasteiger partial charge in [0.2, 0.25) is 11.8 Å². The molecule has 1 aliphatic rings. The second-order valence-electron chi connectivity index (χ2n) is 5.47. The zero-order valence-corrected chi connectivity index (χ0v) is 12.0. The zero-order valence-electron chi connectivity index (χ0n) is 12.0. The first-order valence-corrected chi connectivity index (χ1v) is 7.05. The molecule has 0 bridgehead atoms. The zero-order chi connectivity index (χ0) is 14.5. The third-order valence-corrected chi connectivity index (χ3v) is 3.59. The fourth-order valence-electron chi connectivity index (χ4n) is 2.34. The van der Waals surface area contributed by atoms with E-state index in [9.17, 15) is 9.59 Å². The van der Waals surface area contributed by atoms with Crippen molar-refractivity contribution in [1.29, 1.82) is 0 Å². The number of rotatable bonds is 4. The molecule has 5 heteroatoms. The van der Waals surface area contributed by atoms with Crippen LogP contribution in [0.2, 0.25) is 0 Å². The molecule has 1 aromatic heterocycles. The molecular weight excluding hydrogens is 254 g/mol. The summed E-state index contributed by atoms with van der Waals surface area (Å²) in [4.78, 5) is 29.9. The number of hydrogen-bond donors (Lipinski definition) is 1. The summed E-state index contributed by atoms with van der Waals surface area (Å²) in [6.45, 7) is 5.05. The number of nitrogens with one attached hydrogen (secondary N) is 1. The van der Waals surface area contributed by atoms with Gasteiger partial charge in [-0.1, -0.05) is 13.8 Å². The van der Waals surface area contributed by atoms with E-state index < -0.39 is 6.04 Å². The lowest BCUT2D eigenvalue weighted by Gasteiger charge is -2.26. The molecule has 1 N–H and O–H groups in total. The van der Waals surface area contributed by atoms with Gasteiger partial charge in [-0.3, -0.25) is 14.6 Å². The summed E-state index contributed by atoms with van der Waals surface area (Å²) in [5.41, 5.74) is 1.15. The number of amides is 2. The minimum absolute atomic E-state index is 0.0277. The second-order valence-corrected chi connectivity index (χ2v) is 5.47. The highest BCUT2D eigenvalue weighted by Gasteiger charge is 2.31. The van der Waals surface area contributed by atoms with E-state index in [1.54, 1.807) is 17.3 Å². The highest BCUT2D eigenvalue weighted by molar-refractivity contribution is 5.90. The Morgan fingerprint density at radius 1 is 1.35 bits per heavy atom. The van der Waals surface area contributed by atoms with Crippen molar-refractivity contribution in [1.82, 2.24) is 15.2 Å². The number of carbonyl (C=O) groups excluding carboxylic acids is 2. The predicted octanol–water partition coefficient (Wildman–Crippen LogP) is 0.997. The number of aromatic nitrogens is 1. The van der Waals surface area contributed by atoms with E-state index in [1.165, 1.54) is 0 Å². The number of pyridine rings is 1. The third-order valence-electron chi connectivity index (χ3n) is 3.59. The van der Waals surface area contributed by atoms with E-state index >= 15 is 0 Å². The monoisotopic (exact) mass is 275 g/mol. The smallest absolute Gasteiger partial charge is 0.245 e. The minimum atomic E-state index is -0.401. The molecule has 0 radical (unpaired) electrons. The maximum absolute atomic E-state index is 12.5. The Morgan fingerprint density at radius 2 is 2.05 bits per heavy atom. The van der Waals surface area contributed by atoms with Crippen molar-refractivity contribution < 1.29 is 9.59 Å². The molecule has 1 aliphatic heterocycles. The van der Waals surface area contributed by atoms with Gasteiger partial charge in [0, 0.05) is 31.9 Å². The predicted molar refractivity (Wildman–Crippen MR) is 75.9 cm³/mol. The lowest BCUT2D eigenvalue weighted by atomic mass is 10.0. The molecule has 0 aliphatic carbocycles. The van der Waals surface area contributed by atoms with Crippen LogP contribution in [0, 0.1) is 5.92 Å². The van der Waals surface area contributed by atoms with Crippen LogP contribution in [0.3, 0.4) is 0 Å². The van der Waals surface area contributed by atoms with Crippen LogP contribution in [0.5, 0.6) is 0 Å². The van der Waals surface area contributed by atoms with Crippen molar-refractivity contribution in [3.8, 4) is 0 Å². The van der Waals surface area contributed by atoms with Gasteiger partial charge in [0.25, 0.3) is 0 Å². The molecule has 2 amide bonds. The molecule has 0 aromatic carbocycles. The summed E-state index contributed by atoms with van der Waals surface area (Å²) in [6, 6.07) is 3.50. The lowest BCUT2D eigenvalue weighted by Crippen LogP contribution is -2.48. The van der Waals surface area contributed by atoms with Gasteiger partial charge in [0.15, 0.2) is 0 Å². The van der Waals surface area contributed by atoms with Crippen molar-refractivity contribution >= 4 is 11.8 Å². The summed E-state index contributed by atoms with van der Waals surface area (Å²) < 4.78 is 0. The number of carbonyl (C=O) groups is 2. The summed E-state index contributed by atoms with van der Waals surface area (Å²) >= 11 is 0. The molecular formula is C15H21N3O2. The maximum Gasteiger partial charge on any atom is 0.245 e. The maximum atomic E-state index is 12.5.